The lowest BCUT2D eigenvalue weighted by molar-refractivity contribution is 0.612. The van der Waals surface area contributed by atoms with Gasteiger partial charge in [-0.15, -0.1) is 0 Å². The van der Waals surface area contributed by atoms with Crippen molar-refractivity contribution in [1.29, 1.82) is 0 Å². The van der Waals surface area contributed by atoms with Gasteiger partial charge in [0.25, 0.3) is 0 Å². The van der Waals surface area contributed by atoms with Crippen LogP contribution in [0.1, 0.15) is 17.2 Å². The fourth-order valence-electron chi connectivity index (χ4n) is 2.65. The molecule has 1 atom stereocenters. The summed E-state index contributed by atoms with van der Waals surface area (Å²) in [6.45, 7) is 0. The summed E-state index contributed by atoms with van der Waals surface area (Å²) in [7, 11) is 0. The van der Waals surface area contributed by atoms with Crippen molar-refractivity contribution in [3.8, 4) is 0 Å². The molecule has 0 aliphatic carbocycles. The highest BCUT2D eigenvalue weighted by Gasteiger charge is 2.23. The number of hydrogen-bond donors (Lipinski definition) is 1. The number of rotatable bonds is 2. The quantitative estimate of drug-likeness (QED) is 0.737. The second-order valence-corrected chi connectivity index (χ2v) is 6.03. The largest absolute Gasteiger partial charge is 0.324 e. The van der Waals surface area contributed by atoms with Gasteiger partial charge in [0.2, 0.25) is 5.95 Å². The maximum absolute atomic E-state index is 6.15. The third-order valence-electron chi connectivity index (χ3n) is 3.78. The zero-order chi connectivity index (χ0) is 15.8. The fraction of sp³-hybridized carbons (Fsp3) is 0.0588. The molecule has 4 nitrogen and oxygen atoms in total. The van der Waals surface area contributed by atoms with Crippen LogP contribution in [0.4, 0.5) is 5.95 Å². The van der Waals surface area contributed by atoms with Crippen molar-refractivity contribution in [1.82, 2.24) is 14.8 Å². The first-order valence-corrected chi connectivity index (χ1v) is 7.87. The first-order chi connectivity index (χ1) is 11.2. The summed E-state index contributed by atoms with van der Waals surface area (Å²) in [5.41, 5.74) is 3.02. The van der Waals surface area contributed by atoms with Crippen LogP contribution in [-0.2, 0) is 0 Å². The molecule has 1 aliphatic rings. The predicted molar refractivity (Wildman–Crippen MR) is 92.7 cm³/mol. The van der Waals surface area contributed by atoms with Gasteiger partial charge in [0, 0.05) is 5.70 Å². The minimum atomic E-state index is -0.0283. The molecule has 6 heteroatoms. The zero-order valence-corrected chi connectivity index (χ0v) is 13.5. The van der Waals surface area contributed by atoms with Gasteiger partial charge in [-0.1, -0.05) is 59.6 Å². The topological polar surface area (TPSA) is 42.7 Å². The first-order valence-electron chi connectivity index (χ1n) is 7.11. The number of allylic oxidation sites excluding steroid dienone is 1. The Morgan fingerprint density at radius 1 is 1.00 bits per heavy atom. The molecule has 3 aromatic rings. The Bertz CT molecular complexity index is 887. The molecule has 0 amide bonds. The standard InChI is InChI=1S/C17H12Cl2N4/c18-13-7-6-12(8-14(13)19)15-9-16(11-4-2-1-3-5-11)23-17(22-15)20-10-21-23/h1-10,16H,(H,20,21,22)/t16-/m0/s1. The Hall–Kier alpha value is -2.30. The SMILES string of the molecule is Clc1ccc(C2=C[C@@H](c3ccccc3)n3ncnc3N2)cc1Cl. The normalized spacial score (nSPS) is 16.4. The molecule has 0 bridgehead atoms. The van der Waals surface area contributed by atoms with E-state index < -0.39 is 0 Å². The third kappa shape index (κ3) is 2.60. The van der Waals surface area contributed by atoms with Crippen LogP contribution in [0.3, 0.4) is 0 Å². The highest BCUT2D eigenvalue weighted by atomic mass is 35.5. The number of halogens is 2. The summed E-state index contributed by atoms with van der Waals surface area (Å²) >= 11 is 12.2. The van der Waals surface area contributed by atoms with Crippen molar-refractivity contribution in [3.05, 3.63) is 82.1 Å². The molecule has 4 rings (SSSR count). The van der Waals surface area contributed by atoms with E-state index in [2.05, 4.69) is 33.6 Å². The minimum Gasteiger partial charge on any atom is -0.324 e. The van der Waals surface area contributed by atoms with E-state index in [1.54, 1.807) is 12.4 Å². The average Bonchev–Trinajstić information content (AvgIpc) is 3.06. The Balaban J connectivity index is 1.82. The van der Waals surface area contributed by atoms with E-state index in [1.807, 2.05) is 35.0 Å². The number of hydrogen-bond acceptors (Lipinski definition) is 3. The molecule has 2 aromatic carbocycles. The van der Waals surface area contributed by atoms with E-state index in [0.717, 1.165) is 16.8 Å². The highest BCUT2D eigenvalue weighted by molar-refractivity contribution is 6.42. The molecule has 1 aromatic heterocycles. The van der Waals surface area contributed by atoms with E-state index in [1.165, 1.54) is 0 Å². The summed E-state index contributed by atoms with van der Waals surface area (Å²) in [6, 6.07) is 15.7. The van der Waals surface area contributed by atoms with Crippen LogP contribution in [0.2, 0.25) is 10.0 Å². The molecular weight excluding hydrogens is 331 g/mol. The van der Waals surface area contributed by atoms with Gasteiger partial charge < -0.3 is 5.32 Å². The lowest BCUT2D eigenvalue weighted by Crippen LogP contribution is -2.20. The second kappa shape index (κ2) is 5.72. The van der Waals surface area contributed by atoms with Crippen LogP contribution >= 0.6 is 23.2 Å². The Labute approximate surface area is 143 Å². The number of anilines is 1. The van der Waals surface area contributed by atoms with Gasteiger partial charge in [0.1, 0.15) is 12.4 Å². The van der Waals surface area contributed by atoms with Crippen molar-refractivity contribution in [2.45, 2.75) is 6.04 Å². The zero-order valence-electron chi connectivity index (χ0n) is 11.9. The van der Waals surface area contributed by atoms with Crippen molar-refractivity contribution in [2.24, 2.45) is 0 Å². The average molecular weight is 343 g/mol. The molecule has 23 heavy (non-hydrogen) atoms. The summed E-state index contributed by atoms with van der Waals surface area (Å²) in [4.78, 5) is 4.29. The minimum absolute atomic E-state index is 0.0283. The van der Waals surface area contributed by atoms with Gasteiger partial charge in [0.15, 0.2) is 0 Å². The maximum atomic E-state index is 6.15. The van der Waals surface area contributed by atoms with Crippen molar-refractivity contribution >= 4 is 34.8 Å². The smallest absolute Gasteiger partial charge is 0.226 e. The molecule has 0 fully saturated rings. The van der Waals surface area contributed by atoms with E-state index in [9.17, 15) is 0 Å². The van der Waals surface area contributed by atoms with E-state index >= 15 is 0 Å². The van der Waals surface area contributed by atoms with Crippen LogP contribution in [-0.4, -0.2) is 14.8 Å². The monoisotopic (exact) mass is 342 g/mol. The van der Waals surface area contributed by atoms with Crippen molar-refractivity contribution in [2.75, 3.05) is 5.32 Å². The second-order valence-electron chi connectivity index (χ2n) is 5.22. The molecule has 0 spiro atoms. The molecular formula is C17H12Cl2N4. The molecule has 2 heterocycles. The number of nitrogens with zero attached hydrogens (tertiary/aromatic N) is 3. The molecule has 0 saturated carbocycles. The van der Waals surface area contributed by atoms with Crippen LogP contribution in [0.15, 0.2) is 60.9 Å². The van der Waals surface area contributed by atoms with E-state index in [0.29, 0.717) is 16.0 Å². The molecule has 0 saturated heterocycles. The van der Waals surface area contributed by atoms with Crippen molar-refractivity contribution < 1.29 is 0 Å². The summed E-state index contributed by atoms with van der Waals surface area (Å²) in [5.74, 6) is 0.697. The van der Waals surface area contributed by atoms with Crippen LogP contribution in [0.5, 0.6) is 0 Å². The van der Waals surface area contributed by atoms with Gasteiger partial charge in [-0.3, -0.25) is 0 Å². The molecule has 114 valence electrons. The molecule has 1 aliphatic heterocycles. The van der Waals surface area contributed by atoms with Crippen LogP contribution < -0.4 is 5.32 Å². The van der Waals surface area contributed by atoms with Gasteiger partial charge in [0.05, 0.1) is 10.0 Å². The maximum Gasteiger partial charge on any atom is 0.226 e. The Morgan fingerprint density at radius 2 is 1.83 bits per heavy atom. The Morgan fingerprint density at radius 3 is 2.61 bits per heavy atom. The molecule has 0 unspecified atom stereocenters. The third-order valence-corrected chi connectivity index (χ3v) is 4.52. The number of fused-ring (bicyclic) bond motifs is 1. The lowest BCUT2D eigenvalue weighted by atomic mass is 10.0. The molecule has 0 radical (unpaired) electrons. The predicted octanol–water partition coefficient (Wildman–Crippen LogP) is 4.64. The lowest BCUT2D eigenvalue weighted by Gasteiger charge is -2.24. The summed E-state index contributed by atoms with van der Waals surface area (Å²) in [6.07, 6.45) is 3.65. The van der Waals surface area contributed by atoms with Gasteiger partial charge in [-0.05, 0) is 29.3 Å². The van der Waals surface area contributed by atoms with Crippen LogP contribution in [0.25, 0.3) is 5.70 Å². The number of aromatic nitrogens is 3. The molecule has 1 N–H and O–H groups in total. The first kappa shape index (κ1) is 14.3. The van der Waals surface area contributed by atoms with Gasteiger partial charge in [-0.25, -0.2) is 4.68 Å². The summed E-state index contributed by atoms with van der Waals surface area (Å²) < 4.78 is 1.86. The van der Waals surface area contributed by atoms with Crippen molar-refractivity contribution in [3.63, 3.8) is 0 Å². The fourth-order valence-corrected chi connectivity index (χ4v) is 2.95. The summed E-state index contributed by atoms with van der Waals surface area (Å²) in [5, 5.41) is 8.67. The van der Waals surface area contributed by atoms with E-state index in [-0.39, 0.29) is 6.04 Å². The van der Waals surface area contributed by atoms with Gasteiger partial charge >= 0.3 is 0 Å². The number of benzene rings is 2. The van der Waals surface area contributed by atoms with Crippen LogP contribution in [0, 0.1) is 0 Å². The highest BCUT2D eigenvalue weighted by Crippen LogP contribution is 2.33. The number of nitrogens with one attached hydrogen (secondary N) is 1. The van der Waals surface area contributed by atoms with E-state index in [4.69, 9.17) is 23.2 Å². The van der Waals surface area contributed by atoms with Gasteiger partial charge in [-0.2, -0.15) is 10.1 Å². The Kier molecular flexibility index (Phi) is 3.56.